The minimum atomic E-state index is -0.0355. The van der Waals surface area contributed by atoms with Crippen LogP contribution >= 0.6 is 11.3 Å². The number of rotatable bonds is 6. The van der Waals surface area contributed by atoms with E-state index >= 15 is 0 Å². The zero-order chi connectivity index (χ0) is 18.6. The van der Waals surface area contributed by atoms with Crippen LogP contribution in [-0.4, -0.2) is 26.2 Å². The molecule has 0 spiro atoms. The Morgan fingerprint density at radius 3 is 2.67 bits per heavy atom. The molecule has 0 unspecified atom stereocenters. The Morgan fingerprint density at radius 1 is 1.11 bits per heavy atom. The van der Waals surface area contributed by atoms with Gasteiger partial charge in [0.25, 0.3) is 5.91 Å². The number of carbonyl (C=O) groups is 1. The van der Waals surface area contributed by atoms with Gasteiger partial charge in [-0.05, 0) is 36.1 Å². The zero-order valence-electron chi connectivity index (χ0n) is 15.2. The zero-order valence-corrected chi connectivity index (χ0v) is 16.0. The molecule has 0 saturated carbocycles. The number of benzene rings is 1. The van der Waals surface area contributed by atoms with Crippen LogP contribution in [0, 0.1) is 0 Å². The van der Waals surface area contributed by atoms with Crippen molar-refractivity contribution >= 4 is 22.9 Å². The van der Waals surface area contributed by atoms with Crippen molar-refractivity contribution in [2.75, 3.05) is 0 Å². The van der Waals surface area contributed by atoms with Gasteiger partial charge in [-0.25, -0.2) is 4.98 Å². The lowest BCUT2D eigenvalue weighted by Gasteiger charge is -2.28. The number of thiophene rings is 1. The number of aromatic nitrogens is 2. The molecule has 136 valence electrons. The van der Waals surface area contributed by atoms with Crippen molar-refractivity contribution in [1.82, 2.24) is 14.3 Å². The van der Waals surface area contributed by atoms with Crippen molar-refractivity contribution in [2.45, 2.75) is 25.9 Å². The summed E-state index contributed by atoms with van der Waals surface area (Å²) in [6.07, 6.45) is 4.56. The first-order chi connectivity index (χ1) is 13.2. The summed E-state index contributed by atoms with van der Waals surface area (Å²) in [4.78, 5) is 21.1. The molecular weight excluding hydrogens is 354 g/mol. The fraction of sp³-hybridized carbons (Fsp3) is 0.182. The molecule has 0 radical (unpaired) electrons. The van der Waals surface area contributed by atoms with Crippen molar-refractivity contribution in [1.29, 1.82) is 0 Å². The van der Waals surface area contributed by atoms with Gasteiger partial charge in [0.05, 0.1) is 0 Å². The second-order valence-corrected chi connectivity index (χ2v) is 7.68. The van der Waals surface area contributed by atoms with Crippen molar-refractivity contribution in [3.05, 3.63) is 94.6 Å². The van der Waals surface area contributed by atoms with E-state index in [0.29, 0.717) is 12.2 Å². The van der Waals surface area contributed by atoms with E-state index in [2.05, 4.69) is 41.6 Å². The molecule has 4 rings (SSSR count). The van der Waals surface area contributed by atoms with Gasteiger partial charge in [0.15, 0.2) is 0 Å². The van der Waals surface area contributed by atoms with E-state index in [0.717, 1.165) is 17.6 Å². The molecule has 1 amide bonds. The van der Waals surface area contributed by atoms with Crippen molar-refractivity contribution in [2.24, 2.45) is 0 Å². The highest BCUT2D eigenvalue weighted by molar-refractivity contribution is 7.09. The summed E-state index contributed by atoms with van der Waals surface area (Å²) >= 11 is 1.73. The lowest BCUT2D eigenvalue weighted by atomic mass is 10.1. The number of pyridine rings is 1. The van der Waals surface area contributed by atoms with Crippen molar-refractivity contribution < 1.29 is 4.79 Å². The Bertz CT molecular complexity index is 991. The fourth-order valence-corrected chi connectivity index (χ4v) is 4.05. The molecule has 27 heavy (non-hydrogen) atoms. The van der Waals surface area contributed by atoms with E-state index in [9.17, 15) is 4.79 Å². The summed E-state index contributed by atoms with van der Waals surface area (Å²) < 4.78 is 1.89. The van der Waals surface area contributed by atoms with Crippen LogP contribution < -0.4 is 0 Å². The molecule has 0 aliphatic rings. The number of hydrogen-bond acceptors (Lipinski definition) is 3. The third-order valence-electron chi connectivity index (χ3n) is 4.65. The molecule has 0 aliphatic heterocycles. The van der Waals surface area contributed by atoms with Crippen LogP contribution in [-0.2, 0) is 13.0 Å². The molecule has 1 atom stereocenters. The van der Waals surface area contributed by atoms with Crippen LogP contribution in [0.5, 0.6) is 0 Å². The van der Waals surface area contributed by atoms with Gasteiger partial charge < -0.3 is 9.30 Å². The lowest BCUT2D eigenvalue weighted by Crippen LogP contribution is -2.39. The molecular formula is C22H21N3OS. The van der Waals surface area contributed by atoms with Crippen molar-refractivity contribution in [3.8, 4) is 0 Å². The summed E-state index contributed by atoms with van der Waals surface area (Å²) in [5.41, 5.74) is 2.38. The third-order valence-corrected chi connectivity index (χ3v) is 5.55. The predicted octanol–water partition coefficient (Wildman–Crippen LogP) is 4.67. The van der Waals surface area contributed by atoms with Crippen LogP contribution in [0.4, 0.5) is 0 Å². The number of amides is 1. The van der Waals surface area contributed by atoms with Crippen LogP contribution in [0.2, 0.25) is 0 Å². The predicted molar refractivity (Wildman–Crippen MR) is 109 cm³/mol. The first-order valence-electron chi connectivity index (χ1n) is 9.02. The largest absolute Gasteiger partial charge is 0.330 e. The van der Waals surface area contributed by atoms with E-state index in [1.165, 1.54) is 4.88 Å². The monoisotopic (exact) mass is 375 g/mol. The summed E-state index contributed by atoms with van der Waals surface area (Å²) in [5, 5.41) is 2.08. The van der Waals surface area contributed by atoms with E-state index in [4.69, 9.17) is 0 Å². The molecule has 5 heteroatoms. The first-order valence-corrected chi connectivity index (χ1v) is 9.89. The van der Waals surface area contributed by atoms with Crippen LogP contribution in [0.15, 0.2) is 78.4 Å². The molecule has 3 aromatic heterocycles. The normalized spacial score (nSPS) is 12.2. The van der Waals surface area contributed by atoms with Gasteiger partial charge in [0.1, 0.15) is 11.3 Å². The van der Waals surface area contributed by atoms with Gasteiger partial charge in [-0.2, -0.15) is 0 Å². The number of nitrogens with zero attached hydrogens (tertiary/aromatic N) is 3. The average Bonchev–Trinajstić information content (AvgIpc) is 3.35. The fourth-order valence-electron chi connectivity index (χ4n) is 3.22. The SMILES string of the molecule is C[C@H](Cc1cccs1)N(Cc1ccccc1)C(=O)c1cn2ccccc2n1. The topological polar surface area (TPSA) is 37.6 Å². The molecule has 3 heterocycles. The third kappa shape index (κ3) is 3.93. The Labute approximate surface area is 162 Å². The molecule has 0 N–H and O–H groups in total. The number of carbonyl (C=O) groups excluding carboxylic acids is 1. The maximum absolute atomic E-state index is 13.3. The highest BCUT2D eigenvalue weighted by Crippen LogP contribution is 2.19. The van der Waals surface area contributed by atoms with E-state index in [1.54, 1.807) is 11.3 Å². The molecule has 4 aromatic rings. The van der Waals surface area contributed by atoms with E-state index in [1.807, 2.05) is 58.1 Å². The van der Waals surface area contributed by atoms with Gasteiger partial charge in [-0.1, -0.05) is 42.5 Å². The second-order valence-electron chi connectivity index (χ2n) is 6.64. The quantitative estimate of drug-likeness (QED) is 0.491. The standard InChI is InChI=1S/C22H21N3OS/c1-17(14-19-10-7-13-27-19)25(15-18-8-3-2-4-9-18)22(26)20-16-24-12-6-5-11-21(24)23-20/h2-13,16-17H,14-15H2,1H3/t17-/m1/s1. The van der Waals surface area contributed by atoms with E-state index in [-0.39, 0.29) is 11.9 Å². The number of hydrogen-bond donors (Lipinski definition) is 0. The summed E-state index contributed by atoms with van der Waals surface area (Å²) in [6.45, 7) is 2.68. The van der Waals surface area contributed by atoms with Crippen LogP contribution in [0.1, 0.15) is 27.9 Å². The first kappa shape index (κ1) is 17.5. The van der Waals surface area contributed by atoms with Crippen LogP contribution in [0.25, 0.3) is 5.65 Å². The maximum atomic E-state index is 13.3. The molecule has 4 nitrogen and oxygen atoms in total. The number of fused-ring (bicyclic) bond motifs is 1. The Kier molecular flexibility index (Phi) is 5.03. The second kappa shape index (κ2) is 7.76. The molecule has 0 aliphatic carbocycles. The minimum absolute atomic E-state index is 0.0355. The Hall–Kier alpha value is -2.92. The van der Waals surface area contributed by atoms with E-state index < -0.39 is 0 Å². The molecule has 0 fully saturated rings. The van der Waals surface area contributed by atoms with Crippen LogP contribution in [0.3, 0.4) is 0 Å². The molecule has 0 bridgehead atoms. The highest BCUT2D eigenvalue weighted by Gasteiger charge is 2.24. The van der Waals surface area contributed by atoms with Gasteiger partial charge in [0.2, 0.25) is 0 Å². The summed E-state index contributed by atoms with van der Waals surface area (Å²) in [6, 6.07) is 20.1. The molecule has 1 aromatic carbocycles. The minimum Gasteiger partial charge on any atom is -0.330 e. The van der Waals surface area contributed by atoms with Gasteiger partial charge in [-0.15, -0.1) is 11.3 Å². The molecule has 0 saturated heterocycles. The average molecular weight is 375 g/mol. The Balaban J connectivity index is 1.64. The van der Waals surface area contributed by atoms with Gasteiger partial charge in [0, 0.05) is 36.3 Å². The smallest absolute Gasteiger partial charge is 0.274 e. The Morgan fingerprint density at radius 2 is 1.93 bits per heavy atom. The number of imidazole rings is 1. The van der Waals surface area contributed by atoms with Gasteiger partial charge in [-0.3, -0.25) is 4.79 Å². The summed E-state index contributed by atoms with van der Waals surface area (Å²) in [5.74, 6) is -0.0355. The summed E-state index contributed by atoms with van der Waals surface area (Å²) in [7, 11) is 0. The van der Waals surface area contributed by atoms with Gasteiger partial charge >= 0.3 is 0 Å². The highest BCUT2D eigenvalue weighted by atomic mass is 32.1. The lowest BCUT2D eigenvalue weighted by molar-refractivity contribution is 0.0670. The maximum Gasteiger partial charge on any atom is 0.274 e. The van der Waals surface area contributed by atoms with Crippen molar-refractivity contribution in [3.63, 3.8) is 0 Å².